The minimum absolute atomic E-state index is 0.0337. The summed E-state index contributed by atoms with van der Waals surface area (Å²) in [6.07, 6.45) is 0. The summed E-state index contributed by atoms with van der Waals surface area (Å²) in [5.74, 6) is -0.307. The minimum Gasteiger partial charge on any atom is -0.507 e. The fourth-order valence-electron chi connectivity index (χ4n) is 2.28. The van der Waals surface area contributed by atoms with Crippen molar-refractivity contribution in [2.24, 2.45) is 0 Å². The standard InChI is InChI=1S/C17H11ClO2/c18-14-8-4-3-7-13(14)17(20)16-12-6-2-1-5-11(12)9-10-15(16)19/h1-10,19H. The first-order valence-electron chi connectivity index (χ1n) is 6.18. The van der Waals surface area contributed by atoms with Gasteiger partial charge in [-0.25, -0.2) is 0 Å². The summed E-state index contributed by atoms with van der Waals surface area (Å²) in [4.78, 5) is 12.7. The predicted molar refractivity (Wildman–Crippen MR) is 80.5 cm³/mol. The van der Waals surface area contributed by atoms with Gasteiger partial charge in [-0.1, -0.05) is 54.1 Å². The maximum Gasteiger partial charge on any atom is 0.198 e. The number of rotatable bonds is 2. The molecule has 0 radical (unpaired) electrons. The van der Waals surface area contributed by atoms with Crippen molar-refractivity contribution in [1.29, 1.82) is 0 Å². The second-order valence-corrected chi connectivity index (χ2v) is 4.90. The van der Waals surface area contributed by atoms with Gasteiger partial charge in [0.05, 0.1) is 10.6 Å². The highest BCUT2D eigenvalue weighted by Crippen LogP contribution is 2.30. The summed E-state index contributed by atoms with van der Waals surface area (Å²) in [6.45, 7) is 0. The Morgan fingerprint density at radius 2 is 1.60 bits per heavy atom. The minimum atomic E-state index is -0.273. The first-order chi connectivity index (χ1) is 9.68. The Morgan fingerprint density at radius 1 is 0.900 bits per heavy atom. The average molecular weight is 283 g/mol. The van der Waals surface area contributed by atoms with Crippen LogP contribution in [0.15, 0.2) is 60.7 Å². The highest BCUT2D eigenvalue weighted by Gasteiger charge is 2.18. The van der Waals surface area contributed by atoms with Gasteiger partial charge in [-0.2, -0.15) is 0 Å². The zero-order chi connectivity index (χ0) is 14.1. The number of carbonyl (C=O) groups excluding carboxylic acids is 1. The van der Waals surface area contributed by atoms with E-state index in [1.54, 1.807) is 30.3 Å². The second-order valence-electron chi connectivity index (χ2n) is 4.49. The molecule has 2 nitrogen and oxygen atoms in total. The van der Waals surface area contributed by atoms with Crippen LogP contribution in [0, 0.1) is 0 Å². The zero-order valence-corrected chi connectivity index (χ0v) is 11.3. The van der Waals surface area contributed by atoms with Gasteiger partial charge in [-0.05, 0) is 29.0 Å². The third kappa shape index (κ3) is 2.04. The van der Waals surface area contributed by atoms with Gasteiger partial charge >= 0.3 is 0 Å². The van der Waals surface area contributed by atoms with Crippen molar-refractivity contribution in [3.05, 3.63) is 76.8 Å². The van der Waals surface area contributed by atoms with Crippen LogP contribution in [0.4, 0.5) is 0 Å². The van der Waals surface area contributed by atoms with E-state index < -0.39 is 0 Å². The van der Waals surface area contributed by atoms with Crippen molar-refractivity contribution in [3.8, 4) is 5.75 Å². The van der Waals surface area contributed by atoms with Gasteiger partial charge in [0.25, 0.3) is 0 Å². The molecule has 0 spiro atoms. The number of fused-ring (bicyclic) bond motifs is 1. The molecule has 0 saturated carbocycles. The fourth-order valence-corrected chi connectivity index (χ4v) is 2.50. The van der Waals surface area contributed by atoms with E-state index in [-0.39, 0.29) is 17.1 Å². The van der Waals surface area contributed by atoms with E-state index in [0.717, 1.165) is 10.8 Å². The van der Waals surface area contributed by atoms with E-state index in [1.807, 2.05) is 24.3 Å². The third-order valence-electron chi connectivity index (χ3n) is 3.25. The lowest BCUT2D eigenvalue weighted by molar-refractivity contribution is 0.103. The summed E-state index contributed by atoms with van der Waals surface area (Å²) in [7, 11) is 0. The summed E-state index contributed by atoms with van der Waals surface area (Å²) in [6, 6.07) is 17.6. The highest BCUT2D eigenvalue weighted by atomic mass is 35.5. The van der Waals surface area contributed by atoms with Crippen LogP contribution in [0.2, 0.25) is 5.02 Å². The molecule has 3 aromatic carbocycles. The van der Waals surface area contributed by atoms with Crippen LogP contribution in [0.1, 0.15) is 15.9 Å². The largest absolute Gasteiger partial charge is 0.507 e. The van der Waals surface area contributed by atoms with E-state index in [0.29, 0.717) is 10.6 Å². The van der Waals surface area contributed by atoms with Crippen LogP contribution in [-0.4, -0.2) is 10.9 Å². The van der Waals surface area contributed by atoms with Gasteiger partial charge in [0.15, 0.2) is 5.78 Å². The molecular weight excluding hydrogens is 272 g/mol. The van der Waals surface area contributed by atoms with Crippen LogP contribution in [0.5, 0.6) is 5.75 Å². The number of aromatic hydroxyl groups is 1. The van der Waals surface area contributed by atoms with Crippen LogP contribution in [0.25, 0.3) is 10.8 Å². The van der Waals surface area contributed by atoms with Gasteiger partial charge in [-0.3, -0.25) is 4.79 Å². The van der Waals surface area contributed by atoms with Gasteiger partial charge < -0.3 is 5.11 Å². The molecule has 0 saturated heterocycles. The average Bonchev–Trinajstić information content (AvgIpc) is 2.47. The Balaban J connectivity index is 2.27. The number of carbonyl (C=O) groups is 1. The summed E-state index contributed by atoms with van der Waals surface area (Å²) >= 11 is 6.07. The van der Waals surface area contributed by atoms with Crippen LogP contribution in [-0.2, 0) is 0 Å². The van der Waals surface area contributed by atoms with Crippen molar-refractivity contribution in [1.82, 2.24) is 0 Å². The Labute approximate surface area is 121 Å². The number of benzene rings is 3. The monoisotopic (exact) mass is 282 g/mol. The molecule has 0 fully saturated rings. The number of ketones is 1. The van der Waals surface area contributed by atoms with Crippen LogP contribution >= 0.6 is 11.6 Å². The summed E-state index contributed by atoms with van der Waals surface area (Å²) in [5.41, 5.74) is 0.678. The van der Waals surface area contributed by atoms with Crippen molar-refractivity contribution >= 4 is 28.2 Å². The van der Waals surface area contributed by atoms with E-state index in [1.165, 1.54) is 6.07 Å². The number of phenolic OH excluding ortho intramolecular Hbond substituents is 1. The molecule has 0 unspecified atom stereocenters. The van der Waals surface area contributed by atoms with Gasteiger partial charge in [-0.15, -0.1) is 0 Å². The lowest BCUT2D eigenvalue weighted by Gasteiger charge is -2.09. The van der Waals surface area contributed by atoms with Crippen LogP contribution in [0.3, 0.4) is 0 Å². The molecule has 3 heteroatoms. The molecule has 98 valence electrons. The lowest BCUT2D eigenvalue weighted by Crippen LogP contribution is -2.03. The Hall–Kier alpha value is -2.32. The molecule has 0 atom stereocenters. The maximum atomic E-state index is 12.7. The van der Waals surface area contributed by atoms with E-state index in [4.69, 9.17) is 11.6 Å². The molecule has 0 bridgehead atoms. The normalized spacial score (nSPS) is 10.7. The summed E-state index contributed by atoms with van der Waals surface area (Å²) < 4.78 is 0. The molecule has 3 aromatic rings. The molecule has 0 aromatic heterocycles. The van der Waals surface area contributed by atoms with E-state index in [2.05, 4.69) is 0 Å². The van der Waals surface area contributed by atoms with Gasteiger partial charge in [0.1, 0.15) is 5.75 Å². The van der Waals surface area contributed by atoms with Crippen molar-refractivity contribution in [3.63, 3.8) is 0 Å². The first kappa shape index (κ1) is 12.7. The molecule has 3 rings (SSSR count). The van der Waals surface area contributed by atoms with Crippen LogP contribution < -0.4 is 0 Å². The number of halogens is 1. The van der Waals surface area contributed by atoms with Gasteiger partial charge in [0, 0.05) is 5.56 Å². The lowest BCUT2D eigenvalue weighted by atomic mass is 9.96. The van der Waals surface area contributed by atoms with Gasteiger partial charge in [0.2, 0.25) is 0 Å². The molecule has 0 aliphatic rings. The zero-order valence-electron chi connectivity index (χ0n) is 10.5. The van der Waals surface area contributed by atoms with E-state index in [9.17, 15) is 9.90 Å². The molecule has 0 heterocycles. The molecule has 20 heavy (non-hydrogen) atoms. The molecule has 0 amide bonds. The van der Waals surface area contributed by atoms with Crippen molar-refractivity contribution < 1.29 is 9.90 Å². The SMILES string of the molecule is O=C(c1ccccc1Cl)c1c(O)ccc2ccccc12. The first-order valence-corrected chi connectivity index (χ1v) is 6.56. The molecule has 0 aliphatic carbocycles. The Morgan fingerprint density at radius 3 is 2.40 bits per heavy atom. The summed E-state index contributed by atoms with van der Waals surface area (Å²) in [5, 5.41) is 12.1. The Kier molecular flexibility index (Phi) is 3.17. The predicted octanol–water partition coefficient (Wildman–Crippen LogP) is 4.43. The van der Waals surface area contributed by atoms with E-state index >= 15 is 0 Å². The Bertz CT molecular complexity index is 809. The number of hydrogen-bond acceptors (Lipinski definition) is 2. The number of phenols is 1. The topological polar surface area (TPSA) is 37.3 Å². The maximum absolute atomic E-state index is 12.7. The quantitative estimate of drug-likeness (QED) is 0.706. The molecule has 1 N–H and O–H groups in total. The van der Waals surface area contributed by atoms with Crippen molar-refractivity contribution in [2.75, 3.05) is 0 Å². The number of hydrogen-bond donors (Lipinski definition) is 1. The molecule has 0 aliphatic heterocycles. The smallest absolute Gasteiger partial charge is 0.198 e. The van der Waals surface area contributed by atoms with Crippen molar-refractivity contribution in [2.45, 2.75) is 0 Å². The molecular formula is C17H11ClO2. The highest BCUT2D eigenvalue weighted by molar-refractivity contribution is 6.35. The second kappa shape index (κ2) is 4.99. The fraction of sp³-hybridized carbons (Fsp3) is 0. The third-order valence-corrected chi connectivity index (χ3v) is 3.58.